The predicted molar refractivity (Wildman–Crippen MR) is 88.1 cm³/mol. The van der Waals surface area contributed by atoms with Crippen LogP contribution in [0.4, 0.5) is 0 Å². The van der Waals surface area contributed by atoms with E-state index in [2.05, 4.69) is 35.9 Å². The van der Waals surface area contributed by atoms with E-state index in [1.807, 2.05) is 0 Å². The van der Waals surface area contributed by atoms with Crippen LogP contribution in [-0.4, -0.2) is 20.2 Å². The van der Waals surface area contributed by atoms with Gasteiger partial charge in [-0.05, 0) is 49.7 Å². The van der Waals surface area contributed by atoms with Gasteiger partial charge in [-0.3, -0.25) is 0 Å². The van der Waals surface area contributed by atoms with Gasteiger partial charge < -0.3 is 0 Å². The van der Waals surface area contributed by atoms with Crippen molar-refractivity contribution >= 4 is 10.0 Å². The summed E-state index contributed by atoms with van der Waals surface area (Å²) in [6.07, 6.45) is 5.31. The lowest BCUT2D eigenvalue weighted by molar-refractivity contribution is 0.566. The molecule has 0 bridgehead atoms. The fourth-order valence-electron chi connectivity index (χ4n) is 2.88. The Bertz CT molecular complexity index is 543. The van der Waals surface area contributed by atoms with Crippen LogP contribution in [0, 0.1) is 0 Å². The van der Waals surface area contributed by atoms with Gasteiger partial charge in [-0.1, -0.05) is 44.0 Å². The molecule has 1 aromatic carbocycles. The molecule has 1 aliphatic rings. The van der Waals surface area contributed by atoms with E-state index in [4.69, 9.17) is 0 Å². The van der Waals surface area contributed by atoms with E-state index in [1.165, 1.54) is 36.8 Å². The molecule has 1 fully saturated rings. The van der Waals surface area contributed by atoms with Crippen molar-refractivity contribution in [2.45, 2.75) is 63.5 Å². The molecule has 0 aromatic heterocycles. The van der Waals surface area contributed by atoms with Gasteiger partial charge in [0, 0.05) is 6.54 Å². The van der Waals surface area contributed by atoms with Crippen molar-refractivity contribution in [1.82, 2.24) is 4.72 Å². The van der Waals surface area contributed by atoms with Crippen LogP contribution >= 0.6 is 0 Å². The molecule has 3 nitrogen and oxygen atoms in total. The van der Waals surface area contributed by atoms with Gasteiger partial charge in [-0.25, -0.2) is 13.1 Å². The van der Waals surface area contributed by atoms with Gasteiger partial charge in [0.15, 0.2) is 0 Å². The topological polar surface area (TPSA) is 46.2 Å². The average molecular weight is 309 g/mol. The quantitative estimate of drug-likeness (QED) is 0.869. The predicted octanol–water partition coefficient (Wildman–Crippen LogP) is 3.78. The largest absolute Gasteiger partial charge is 0.214 e. The third-order valence-corrected chi connectivity index (χ3v) is 6.35. The number of nitrogens with one attached hydrogen (secondary N) is 1. The molecule has 4 heteroatoms. The van der Waals surface area contributed by atoms with E-state index >= 15 is 0 Å². The van der Waals surface area contributed by atoms with Crippen molar-refractivity contribution in [2.24, 2.45) is 0 Å². The first-order valence-electron chi connectivity index (χ1n) is 7.98. The first-order valence-corrected chi connectivity index (χ1v) is 9.53. The lowest BCUT2D eigenvalue weighted by atomic mass is 9.94. The van der Waals surface area contributed by atoms with Crippen LogP contribution < -0.4 is 4.72 Å². The molecule has 21 heavy (non-hydrogen) atoms. The minimum Gasteiger partial charge on any atom is -0.214 e. The SMILES string of the molecule is CC(CNS(=O)(=O)C(C)C)c1ccc(C2CCCC2)cc1. The van der Waals surface area contributed by atoms with Gasteiger partial charge in [0.2, 0.25) is 10.0 Å². The highest BCUT2D eigenvalue weighted by Gasteiger charge is 2.19. The highest BCUT2D eigenvalue weighted by atomic mass is 32.2. The molecule has 118 valence electrons. The first-order chi connectivity index (χ1) is 9.90. The van der Waals surface area contributed by atoms with Crippen molar-refractivity contribution < 1.29 is 8.42 Å². The second kappa shape index (κ2) is 6.93. The fourth-order valence-corrected chi connectivity index (χ4v) is 3.70. The number of benzene rings is 1. The third-order valence-electron chi connectivity index (χ3n) is 4.54. The summed E-state index contributed by atoms with van der Waals surface area (Å²) in [5, 5.41) is -0.380. The van der Waals surface area contributed by atoms with Gasteiger partial charge in [0.25, 0.3) is 0 Å². The smallest absolute Gasteiger partial charge is 0.213 e. The lowest BCUT2D eigenvalue weighted by Crippen LogP contribution is -2.33. The van der Waals surface area contributed by atoms with Gasteiger partial charge in [-0.15, -0.1) is 0 Å². The molecule has 1 aliphatic carbocycles. The summed E-state index contributed by atoms with van der Waals surface area (Å²) in [5.74, 6) is 0.921. The van der Waals surface area contributed by atoms with Crippen LogP contribution in [-0.2, 0) is 10.0 Å². The first kappa shape index (κ1) is 16.5. The van der Waals surface area contributed by atoms with Crippen molar-refractivity contribution in [1.29, 1.82) is 0 Å². The Kier molecular flexibility index (Phi) is 5.44. The molecule has 0 spiro atoms. The summed E-state index contributed by atoms with van der Waals surface area (Å²) in [6, 6.07) is 8.75. The Labute approximate surface area is 129 Å². The molecule has 1 unspecified atom stereocenters. The maximum absolute atomic E-state index is 11.8. The zero-order valence-electron chi connectivity index (χ0n) is 13.3. The lowest BCUT2D eigenvalue weighted by Gasteiger charge is -2.16. The summed E-state index contributed by atoms with van der Waals surface area (Å²) in [5.41, 5.74) is 2.63. The standard InChI is InChI=1S/C17H27NO2S/c1-13(2)21(19,20)18-12-14(3)15-8-10-17(11-9-15)16-6-4-5-7-16/h8-11,13-14,16,18H,4-7,12H2,1-3H3. The second-order valence-corrected chi connectivity index (χ2v) is 8.81. The van der Waals surface area contributed by atoms with Crippen LogP contribution in [0.25, 0.3) is 0 Å². The van der Waals surface area contributed by atoms with Crippen molar-refractivity contribution in [2.75, 3.05) is 6.54 Å². The van der Waals surface area contributed by atoms with Gasteiger partial charge >= 0.3 is 0 Å². The Morgan fingerprint density at radius 3 is 2.19 bits per heavy atom. The van der Waals surface area contributed by atoms with E-state index in [9.17, 15) is 8.42 Å². The third kappa shape index (κ3) is 4.30. The van der Waals surface area contributed by atoms with Crippen LogP contribution in [0.5, 0.6) is 0 Å². The van der Waals surface area contributed by atoms with Gasteiger partial charge in [0.05, 0.1) is 5.25 Å². The molecule has 0 saturated heterocycles. The zero-order chi connectivity index (χ0) is 15.5. The Balaban J connectivity index is 1.95. The molecule has 1 atom stereocenters. The number of rotatable bonds is 6. The summed E-state index contributed by atoms with van der Waals surface area (Å²) in [7, 11) is -3.17. The van der Waals surface area contributed by atoms with Crippen LogP contribution in [0.2, 0.25) is 0 Å². The summed E-state index contributed by atoms with van der Waals surface area (Å²) < 4.78 is 26.3. The Morgan fingerprint density at radius 2 is 1.67 bits per heavy atom. The molecule has 2 rings (SSSR count). The highest BCUT2D eigenvalue weighted by Crippen LogP contribution is 2.34. The summed E-state index contributed by atoms with van der Waals surface area (Å²) >= 11 is 0. The van der Waals surface area contributed by atoms with E-state index in [-0.39, 0.29) is 11.2 Å². The van der Waals surface area contributed by atoms with Gasteiger partial charge in [-0.2, -0.15) is 0 Å². The monoisotopic (exact) mass is 309 g/mol. The van der Waals surface area contributed by atoms with Gasteiger partial charge in [0.1, 0.15) is 0 Å². The van der Waals surface area contributed by atoms with Crippen molar-refractivity contribution in [3.05, 3.63) is 35.4 Å². The van der Waals surface area contributed by atoms with E-state index in [0.717, 1.165) is 5.92 Å². The molecule has 0 amide bonds. The maximum atomic E-state index is 11.8. The summed E-state index contributed by atoms with van der Waals surface area (Å²) in [6.45, 7) is 5.92. The second-order valence-electron chi connectivity index (χ2n) is 6.49. The highest BCUT2D eigenvalue weighted by molar-refractivity contribution is 7.90. The summed E-state index contributed by atoms with van der Waals surface area (Å²) in [4.78, 5) is 0. The number of sulfonamides is 1. The van der Waals surface area contributed by atoms with E-state index < -0.39 is 10.0 Å². The van der Waals surface area contributed by atoms with Crippen molar-refractivity contribution in [3.8, 4) is 0 Å². The van der Waals surface area contributed by atoms with Crippen LogP contribution in [0.15, 0.2) is 24.3 Å². The molecular formula is C17H27NO2S. The fraction of sp³-hybridized carbons (Fsp3) is 0.647. The normalized spacial score (nSPS) is 18.3. The Morgan fingerprint density at radius 1 is 1.10 bits per heavy atom. The molecule has 0 aliphatic heterocycles. The molecule has 1 saturated carbocycles. The molecule has 1 N–H and O–H groups in total. The van der Waals surface area contributed by atoms with Crippen LogP contribution in [0.3, 0.4) is 0 Å². The number of hydrogen-bond donors (Lipinski definition) is 1. The minimum atomic E-state index is -3.17. The Hall–Kier alpha value is -0.870. The molecule has 1 aromatic rings. The molecule has 0 radical (unpaired) electrons. The number of hydrogen-bond acceptors (Lipinski definition) is 2. The zero-order valence-corrected chi connectivity index (χ0v) is 14.1. The van der Waals surface area contributed by atoms with E-state index in [0.29, 0.717) is 6.54 Å². The van der Waals surface area contributed by atoms with Crippen molar-refractivity contribution in [3.63, 3.8) is 0 Å². The van der Waals surface area contributed by atoms with Crippen LogP contribution in [0.1, 0.15) is 69.4 Å². The molecular weight excluding hydrogens is 282 g/mol. The minimum absolute atomic E-state index is 0.191. The maximum Gasteiger partial charge on any atom is 0.213 e. The van der Waals surface area contributed by atoms with E-state index in [1.54, 1.807) is 13.8 Å². The molecule has 0 heterocycles. The average Bonchev–Trinajstić information content (AvgIpc) is 2.99.